The average molecular weight is 259 g/mol. The van der Waals surface area contributed by atoms with Crippen LogP contribution >= 0.6 is 0 Å². The summed E-state index contributed by atoms with van der Waals surface area (Å²) in [6.07, 6.45) is 6.51. The first-order valence-corrected chi connectivity index (χ1v) is 6.45. The van der Waals surface area contributed by atoms with Crippen molar-refractivity contribution in [3.8, 4) is 11.1 Å². The number of allylic oxidation sites excluding steroid dienone is 4. The molecule has 0 saturated carbocycles. The first-order valence-electron chi connectivity index (χ1n) is 6.45. The number of benzene rings is 2. The van der Waals surface area contributed by atoms with Crippen LogP contribution < -0.4 is 0 Å². The Morgan fingerprint density at radius 1 is 0.650 bits per heavy atom. The van der Waals surface area contributed by atoms with E-state index in [-0.39, 0.29) is 5.78 Å². The minimum atomic E-state index is 0.00313. The van der Waals surface area contributed by atoms with Gasteiger partial charge < -0.3 is 0 Å². The molecule has 0 N–H and O–H groups in total. The molecule has 96 valence electrons. The molecule has 2 aromatic carbocycles. The largest absolute Gasteiger partial charge is 0.290 e. The lowest BCUT2D eigenvalue weighted by Gasteiger charge is -2.03. The van der Waals surface area contributed by atoms with Crippen LogP contribution in [-0.2, 0) is 4.79 Å². The maximum atomic E-state index is 11.0. The van der Waals surface area contributed by atoms with E-state index in [1.165, 1.54) is 23.3 Å². The zero-order chi connectivity index (χ0) is 13.8. The number of hydrogen-bond acceptors (Lipinski definition) is 2. The molecular formula is C18H13NO. The fourth-order valence-corrected chi connectivity index (χ4v) is 2.03. The van der Waals surface area contributed by atoms with E-state index in [2.05, 4.69) is 29.3 Å². The Labute approximate surface area is 117 Å². The van der Waals surface area contributed by atoms with Gasteiger partial charge in [-0.1, -0.05) is 42.5 Å². The summed E-state index contributed by atoms with van der Waals surface area (Å²) >= 11 is 0. The minimum absolute atomic E-state index is 0.00313. The topological polar surface area (TPSA) is 29.4 Å². The molecule has 2 nitrogen and oxygen atoms in total. The highest BCUT2D eigenvalue weighted by molar-refractivity contribution is 6.17. The summed E-state index contributed by atoms with van der Waals surface area (Å²) in [5.74, 6) is 0.00313. The summed E-state index contributed by atoms with van der Waals surface area (Å²) in [5.41, 5.74) is 4.02. The van der Waals surface area contributed by atoms with Crippen molar-refractivity contribution in [2.75, 3.05) is 0 Å². The van der Waals surface area contributed by atoms with Crippen molar-refractivity contribution in [2.24, 2.45) is 4.99 Å². The SMILES string of the molecule is O=C1C=CC(=Nc2ccc(-c3ccccc3)cc2)C=C1. The van der Waals surface area contributed by atoms with Gasteiger partial charge in [0.25, 0.3) is 0 Å². The van der Waals surface area contributed by atoms with Crippen molar-refractivity contribution < 1.29 is 4.79 Å². The molecule has 0 spiro atoms. The van der Waals surface area contributed by atoms with Gasteiger partial charge in [0.05, 0.1) is 11.4 Å². The first kappa shape index (κ1) is 12.3. The number of carbonyl (C=O) groups excluding carboxylic acids is 1. The highest BCUT2D eigenvalue weighted by Crippen LogP contribution is 2.22. The molecule has 0 aliphatic heterocycles. The molecule has 0 heterocycles. The van der Waals surface area contributed by atoms with Crippen LogP contribution in [-0.4, -0.2) is 11.5 Å². The third-order valence-corrected chi connectivity index (χ3v) is 3.07. The summed E-state index contributed by atoms with van der Waals surface area (Å²) in [6, 6.07) is 18.3. The van der Waals surface area contributed by atoms with Gasteiger partial charge in [0.2, 0.25) is 0 Å². The third-order valence-electron chi connectivity index (χ3n) is 3.07. The predicted molar refractivity (Wildman–Crippen MR) is 82.3 cm³/mol. The highest BCUT2D eigenvalue weighted by atomic mass is 16.1. The van der Waals surface area contributed by atoms with Crippen molar-refractivity contribution in [3.05, 3.63) is 78.9 Å². The fourth-order valence-electron chi connectivity index (χ4n) is 2.03. The monoisotopic (exact) mass is 259 g/mol. The standard InChI is InChI=1S/C18H13NO/c20-18-12-10-17(11-13-18)19-16-8-6-15(7-9-16)14-4-2-1-3-5-14/h1-13H. The van der Waals surface area contributed by atoms with Gasteiger partial charge in [0.15, 0.2) is 5.78 Å². The van der Waals surface area contributed by atoms with Crippen molar-refractivity contribution in [1.82, 2.24) is 0 Å². The van der Waals surface area contributed by atoms with Gasteiger partial charge in [0.1, 0.15) is 0 Å². The van der Waals surface area contributed by atoms with Crippen molar-refractivity contribution in [2.45, 2.75) is 0 Å². The second kappa shape index (κ2) is 5.49. The molecule has 0 saturated heterocycles. The Morgan fingerprint density at radius 3 is 1.90 bits per heavy atom. The molecule has 0 aromatic heterocycles. The van der Waals surface area contributed by atoms with E-state index in [9.17, 15) is 4.79 Å². The Hall–Kier alpha value is -2.74. The lowest BCUT2D eigenvalue weighted by molar-refractivity contribution is -0.110. The summed E-state index contributed by atoms with van der Waals surface area (Å²) in [6.45, 7) is 0. The lowest BCUT2D eigenvalue weighted by Crippen LogP contribution is -1.98. The van der Waals surface area contributed by atoms with Crippen molar-refractivity contribution >= 4 is 17.2 Å². The molecule has 0 radical (unpaired) electrons. The molecule has 0 fully saturated rings. The Morgan fingerprint density at radius 2 is 1.25 bits per heavy atom. The van der Waals surface area contributed by atoms with Crippen LogP contribution in [0, 0.1) is 0 Å². The number of rotatable bonds is 2. The molecule has 0 bridgehead atoms. The number of hydrogen-bond donors (Lipinski definition) is 0. The average Bonchev–Trinajstić information content (AvgIpc) is 2.51. The number of aliphatic imine (C=N–C) groups is 1. The van der Waals surface area contributed by atoms with Gasteiger partial charge in [0, 0.05) is 0 Å². The van der Waals surface area contributed by atoms with Gasteiger partial charge in [-0.2, -0.15) is 0 Å². The molecule has 0 atom stereocenters. The molecule has 1 aliphatic rings. The van der Waals surface area contributed by atoms with E-state index in [1.54, 1.807) is 12.2 Å². The maximum absolute atomic E-state index is 11.0. The van der Waals surface area contributed by atoms with Crippen molar-refractivity contribution in [3.63, 3.8) is 0 Å². The number of carbonyl (C=O) groups is 1. The third kappa shape index (κ3) is 2.81. The molecule has 0 unspecified atom stereocenters. The van der Waals surface area contributed by atoms with Crippen LogP contribution in [0.5, 0.6) is 0 Å². The molecule has 3 rings (SSSR count). The van der Waals surface area contributed by atoms with E-state index >= 15 is 0 Å². The molecular weight excluding hydrogens is 246 g/mol. The highest BCUT2D eigenvalue weighted by Gasteiger charge is 2.00. The predicted octanol–water partition coefficient (Wildman–Crippen LogP) is 4.12. The normalized spacial score (nSPS) is 13.6. The zero-order valence-corrected chi connectivity index (χ0v) is 10.9. The summed E-state index contributed by atoms with van der Waals surface area (Å²) in [4.78, 5) is 15.5. The Balaban J connectivity index is 1.84. The molecule has 2 heteroatoms. The van der Waals surface area contributed by atoms with Crippen molar-refractivity contribution in [1.29, 1.82) is 0 Å². The lowest BCUT2D eigenvalue weighted by atomic mass is 10.1. The zero-order valence-electron chi connectivity index (χ0n) is 10.9. The molecule has 20 heavy (non-hydrogen) atoms. The van der Waals surface area contributed by atoms with Gasteiger partial charge >= 0.3 is 0 Å². The van der Waals surface area contributed by atoms with Crippen LogP contribution in [0.2, 0.25) is 0 Å². The van der Waals surface area contributed by atoms with Crippen LogP contribution in [0.3, 0.4) is 0 Å². The first-order chi connectivity index (χ1) is 9.81. The fraction of sp³-hybridized carbons (Fsp3) is 0. The summed E-state index contributed by atoms with van der Waals surface area (Å²) in [5, 5.41) is 0. The maximum Gasteiger partial charge on any atom is 0.178 e. The van der Waals surface area contributed by atoms with Crippen LogP contribution in [0.4, 0.5) is 5.69 Å². The van der Waals surface area contributed by atoms with Gasteiger partial charge in [-0.05, 0) is 47.6 Å². The smallest absolute Gasteiger partial charge is 0.178 e. The quantitative estimate of drug-likeness (QED) is 0.746. The molecule has 2 aromatic rings. The van der Waals surface area contributed by atoms with Crippen LogP contribution in [0.15, 0.2) is 83.9 Å². The number of ketones is 1. The van der Waals surface area contributed by atoms with Gasteiger partial charge in [-0.15, -0.1) is 0 Å². The van der Waals surface area contributed by atoms with E-state index in [0.29, 0.717) is 0 Å². The minimum Gasteiger partial charge on any atom is -0.290 e. The number of nitrogens with zero attached hydrogens (tertiary/aromatic N) is 1. The van der Waals surface area contributed by atoms with E-state index in [1.807, 2.05) is 30.3 Å². The Kier molecular flexibility index (Phi) is 3.38. The van der Waals surface area contributed by atoms with Crippen LogP contribution in [0.25, 0.3) is 11.1 Å². The summed E-state index contributed by atoms with van der Waals surface area (Å²) in [7, 11) is 0. The van der Waals surface area contributed by atoms with Gasteiger partial charge in [-0.3, -0.25) is 4.79 Å². The Bertz CT molecular complexity index is 689. The second-order valence-corrected chi connectivity index (χ2v) is 4.52. The van der Waals surface area contributed by atoms with E-state index < -0.39 is 0 Å². The molecule has 1 aliphatic carbocycles. The van der Waals surface area contributed by atoms with E-state index in [0.717, 1.165) is 11.4 Å². The van der Waals surface area contributed by atoms with Gasteiger partial charge in [-0.25, -0.2) is 4.99 Å². The van der Waals surface area contributed by atoms with Crippen LogP contribution in [0.1, 0.15) is 0 Å². The van der Waals surface area contributed by atoms with E-state index in [4.69, 9.17) is 0 Å². The summed E-state index contributed by atoms with van der Waals surface area (Å²) < 4.78 is 0. The molecule has 0 amide bonds. The second-order valence-electron chi connectivity index (χ2n) is 4.52.